The van der Waals surface area contributed by atoms with Crippen LogP contribution in [0.2, 0.25) is 5.02 Å². The van der Waals surface area contributed by atoms with Gasteiger partial charge in [0.05, 0.1) is 10.5 Å². The van der Waals surface area contributed by atoms with Crippen LogP contribution in [0.3, 0.4) is 0 Å². The minimum Gasteiger partial charge on any atom is -0.337 e. The first-order chi connectivity index (χ1) is 12.6. The van der Waals surface area contributed by atoms with Crippen LogP contribution in [0, 0.1) is 6.92 Å². The van der Waals surface area contributed by atoms with E-state index >= 15 is 0 Å². The Labute approximate surface area is 153 Å². The maximum atomic E-state index is 12.2. The molecule has 0 bridgehead atoms. The van der Waals surface area contributed by atoms with Crippen LogP contribution in [-0.4, -0.2) is 31.1 Å². The van der Waals surface area contributed by atoms with Gasteiger partial charge in [-0.05, 0) is 48.9 Å². The summed E-state index contributed by atoms with van der Waals surface area (Å²) in [6.07, 6.45) is 3.26. The number of anilines is 1. The molecule has 128 valence electrons. The average Bonchev–Trinajstić information content (AvgIpc) is 3.07. The summed E-state index contributed by atoms with van der Waals surface area (Å²) >= 11 is 6.33. The molecule has 26 heavy (non-hydrogen) atoms. The minimum atomic E-state index is -0.353. The van der Waals surface area contributed by atoms with Gasteiger partial charge in [-0.25, -0.2) is 9.97 Å². The molecule has 3 aromatic heterocycles. The lowest BCUT2D eigenvalue weighted by Gasteiger charge is -2.07. The number of aromatic amines is 1. The third kappa shape index (κ3) is 3.12. The number of aryl methyl sites for hydroxylation is 1. The summed E-state index contributed by atoms with van der Waals surface area (Å²) < 4.78 is 0. The number of amides is 1. The fourth-order valence-electron chi connectivity index (χ4n) is 2.53. The van der Waals surface area contributed by atoms with Gasteiger partial charge >= 0.3 is 0 Å². The lowest BCUT2D eigenvalue weighted by Crippen LogP contribution is -2.14. The van der Waals surface area contributed by atoms with Crippen LogP contribution in [0.4, 0.5) is 5.69 Å². The zero-order chi connectivity index (χ0) is 18.1. The van der Waals surface area contributed by atoms with E-state index in [2.05, 4.69) is 30.5 Å². The Kier molecular flexibility index (Phi) is 4.06. The van der Waals surface area contributed by atoms with E-state index in [0.717, 1.165) is 11.1 Å². The molecular weight excluding hydrogens is 352 g/mol. The molecule has 0 spiro atoms. The number of halogens is 1. The number of benzene rings is 1. The van der Waals surface area contributed by atoms with Gasteiger partial charge in [-0.15, -0.1) is 5.10 Å². The largest absolute Gasteiger partial charge is 0.337 e. The fourth-order valence-corrected chi connectivity index (χ4v) is 2.74. The molecule has 7 nitrogen and oxygen atoms in total. The number of pyridine rings is 1. The van der Waals surface area contributed by atoms with E-state index in [9.17, 15) is 4.79 Å². The van der Waals surface area contributed by atoms with Crippen LogP contribution in [0.5, 0.6) is 0 Å². The Hall–Kier alpha value is -3.32. The maximum Gasteiger partial charge on any atom is 0.276 e. The summed E-state index contributed by atoms with van der Waals surface area (Å²) in [7, 11) is 0. The molecule has 0 unspecified atom stereocenters. The third-order valence-corrected chi connectivity index (χ3v) is 4.09. The predicted octanol–water partition coefficient (Wildman–Crippen LogP) is 3.63. The number of rotatable bonds is 3. The Morgan fingerprint density at radius 2 is 2.12 bits per heavy atom. The highest BCUT2D eigenvalue weighted by atomic mass is 35.5. The van der Waals surface area contributed by atoms with Crippen LogP contribution >= 0.6 is 11.6 Å². The summed E-state index contributed by atoms with van der Waals surface area (Å²) in [6, 6.07) is 10.4. The Bertz CT molecular complexity index is 1110. The van der Waals surface area contributed by atoms with Gasteiger partial charge in [-0.1, -0.05) is 11.6 Å². The SMILES string of the molecule is Cc1cnc2nc(-c3cc(NC(=O)c4cccnn4)ccc3Cl)[nH]c2c1. The maximum absolute atomic E-state index is 12.2. The van der Waals surface area contributed by atoms with Crippen LogP contribution in [0.1, 0.15) is 16.1 Å². The summed E-state index contributed by atoms with van der Waals surface area (Å²) in [6.45, 7) is 1.96. The van der Waals surface area contributed by atoms with Crippen molar-refractivity contribution in [2.75, 3.05) is 5.32 Å². The Balaban J connectivity index is 1.68. The number of H-pyrrole nitrogens is 1. The van der Waals surface area contributed by atoms with Crippen LogP contribution in [0.25, 0.3) is 22.6 Å². The molecule has 1 aromatic carbocycles. The van der Waals surface area contributed by atoms with Gasteiger partial charge in [-0.3, -0.25) is 4.79 Å². The van der Waals surface area contributed by atoms with E-state index in [0.29, 0.717) is 27.7 Å². The first-order valence-electron chi connectivity index (χ1n) is 7.81. The smallest absolute Gasteiger partial charge is 0.276 e. The lowest BCUT2D eigenvalue weighted by molar-refractivity contribution is 0.102. The number of nitrogens with one attached hydrogen (secondary N) is 2. The quantitative estimate of drug-likeness (QED) is 0.578. The van der Waals surface area contributed by atoms with Crippen LogP contribution < -0.4 is 5.32 Å². The Morgan fingerprint density at radius 1 is 1.23 bits per heavy atom. The van der Waals surface area contributed by atoms with Crippen molar-refractivity contribution in [2.24, 2.45) is 0 Å². The first-order valence-corrected chi connectivity index (χ1v) is 8.19. The van der Waals surface area contributed by atoms with Gasteiger partial charge in [0.15, 0.2) is 11.3 Å². The normalized spacial score (nSPS) is 10.8. The lowest BCUT2D eigenvalue weighted by atomic mass is 10.2. The predicted molar refractivity (Wildman–Crippen MR) is 99.1 cm³/mol. The molecule has 4 rings (SSSR count). The molecule has 0 atom stereocenters. The van der Waals surface area contributed by atoms with Crippen molar-refractivity contribution < 1.29 is 4.79 Å². The second kappa shape index (κ2) is 6.53. The fraction of sp³-hybridized carbons (Fsp3) is 0.0556. The number of carbonyl (C=O) groups is 1. The van der Waals surface area contributed by atoms with Gasteiger partial charge < -0.3 is 10.3 Å². The second-order valence-electron chi connectivity index (χ2n) is 5.73. The van der Waals surface area contributed by atoms with Crippen molar-refractivity contribution in [3.05, 3.63) is 65.1 Å². The van der Waals surface area contributed by atoms with Crippen molar-refractivity contribution in [2.45, 2.75) is 6.92 Å². The van der Waals surface area contributed by atoms with E-state index in [4.69, 9.17) is 11.6 Å². The van der Waals surface area contributed by atoms with E-state index in [1.165, 1.54) is 6.20 Å². The zero-order valence-corrected chi connectivity index (χ0v) is 14.4. The number of imidazole rings is 1. The molecule has 0 fully saturated rings. The van der Waals surface area contributed by atoms with E-state index in [1.54, 1.807) is 36.5 Å². The summed E-state index contributed by atoms with van der Waals surface area (Å²) in [5.41, 5.74) is 3.93. The van der Waals surface area contributed by atoms with Gasteiger partial charge in [-0.2, -0.15) is 5.10 Å². The molecule has 3 heterocycles. The monoisotopic (exact) mass is 364 g/mol. The first kappa shape index (κ1) is 16.2. The molecule has 4 aromatic rings. The van der Waals surface area contributed by atoms with Crippen LogP contribution in [0.15, 0.2) is 48.8 Å². The number of hydrogen-bond acceptors (Lipinski definition) is 5. The highest BCUT2D eigenvalue weighted by Gasteiger charge is 2.13. The topological polar surface area (TPSA) is 96.5 Å². The number of aromatic nitrogens is 5. The van der Waals surface area contributed by atoms with Crippen molar-refractivity contribution in [1.29, 1.82) is 0 Å². The number of fused-ring (bicyclic) bond motifs is 1. The van der Waals surface area contributed by atoms with Crippen LogP contribution in [-0.2, 0) is 0 Å². The van der Waals surface area contributed by atoms with E-state index in [-0.39, 0.29) is 11.6 Å². The van der Waals surface area contributed by atoms with Gasteiger partial charge in [0.25, 0.3) is 5.91 Å². The molecule has 8 heteroatoms. The summed E-state index contributed by atoms with van der Waals surface area (Å²) in [5, 5.41) is 10.8. The minimum absolute atomic E-state index is 0.229. The van der Waals surface area contributed by atoms with Gasteiger partial charge in [0.2, 0.25) is 0 Å². The van der Waals surface area contributed by atoms with E-state index in [1.807, 2.05) is 13.0 Å². The number of hydrogen-bond donors (Lipinski definition) is 2. The molecule has 0 aliphatic carbocycles. The highest BCUT2D eigenvalue weighted by molar-refractivity contribution is 6.33. The van der Waals surface area contributed by atoms with Crippen molar-refractivity contribution in [1.82, 2.24) is 25.1 Å². The molecule has 1 amide bonds. The molecule has 2 N–H and O–H groups in total. The molecular formula is C18H13ClN6O. The van der Waals surface area contributed by atoms with Gasteiger partial charge in [0, 0.05) is 23.6 Å². The van der Waals surface area contributed by atoms with Gasteiger partial charge in [0.1, 0.15) is 5.82 Å². The molecule has 0 aliphatic heterocycles. The number of nitrogens with zero attached hydrogens (tertiary/aromatic N) is 4. The number of carbonyl (C=O) groups excluding carboxylic acids is 1. The summed E-state index contributed by atoms with van der Waals surface area (Å²) in [4.78, 5) is 24.2. The molecule has 0 radical (unpaired) electrons. The van der Waals surface area contributed by atoms with E-state index < -0.39 is 0 Å². The second-order valence-corrected chi connectivity index (χ2v) is 6.13. The van der Waals surface area contributed by atoms with Crippen molar-refractivity contribution in [3.8, 4) is 11.4 Å². The zero-order valence-electron chi connectivity index (χ0n) is 13.7. The van der Waals surface area contributed by atoms with Crippen molar-refractivity contribution >= 4 is 34.4 Å². The third-order valence-electron chi connectivity index (χ3n) is 3.76. The van der Waals surface area contributed by atoms with Crippen molar-refractivity contribution in [3.63, 3.8) is 0 Å². The standard InChI is InChI=1S/C18H13ClN6O/c1-10-7-15-17(20-9-10)24-16(23-15)12-8-11(4-5-13(12)19)22-18(26)14-3-2-6-21-25-14/h2-9H,1H3,(H,22,26)(H,20,23,24). The molecule has 0 aliphatic rings. The molecule has 0 saturated carbocycles. The Morgan fingerprint density at radius 3 is 2.92 bits per heavy atom. The molecule has 0 saturated heterocycles. The highest BCUT2D eigenvalue weighted by Crippen LogP contribution is 2.30. The summed E-state index contributed by atoms with van der Waals surface area (Å²) in [5.74, 6) is 0.229. The average molecular weight is 365 g/mol.